The fourth-order valence-corrected chi connectivity index (χ4v) is 1.80. The van der Waals surface area contributed by atoms with Crippen molar-refractivity contribution < 1.29 is 4.74 Å². The van der Waals surface area contributed by atoms with E-state index in [1.165, 1.54) is 5.56 Å². The molecule has 0 spiro atoms. The first-order valence-electron chi connectivity index (χ1n) is 6.17. The Morgan fingerprint density at radius 3 is 2.58 bits per heavy atom. The lowest BCUT2D eigenvalue weighted by Gasteiger charge is -2.07. The van der Waals surface area contributed by atoms with Gasteiger partial charge >= 0.3 is 0 Å². The molecule has 96 valence electrons. The number of benzene rings is 2. The van der Waals surface area contributed by atoms with E-state index in [0.29, 0.717) is 12.2 Å². The Morgan fingerprint density at radius 2 is 1.89 bits per heavy atom. The number of hydrogen-bond donors (Lipinski definition) is 1. The molecule has 1 N–H and O–H groups in total. The van der Waals surface area contributed by atoms with Crippen molar-refractivity contribution in [3.63, 3.8) is 0 Å². The Labute approximate surface area is 113 Å². The summed E-state index contributed by atoms with van der Waals surface area (Å²) in [7, 11) is 1.92. The van der Waals surface area contributed by atoms with Crippen molar-refractivity contribution in [1.82, 2.24) is 5.32 Å². The Kier molecular flexibility index (Phi) is 4.54. The second-order valence-corrected chi connectivity index (χ2v) is 4.28. The maximum Gasteiger partial charge on any atom is 0.119 e. The maximum absolute atomic E-state index is 8.83. The lowest BCUT2D eigenvalue weighted by atomic mass is 10.1. The molecule has 0 fully saturated rings. The highest BCUT2D eigenvalue weighted by Gasteiger charge is 1.98. The molecule has 0 unspecified atom stereocenters. The predicted octanol–water partition coefficient (Wildman–Crippen LogP) is 2.86. The van der Waals surface area contributed by atoms with Gasteiger partial charge in [-0.1, -0.05) is 24.3 Å². The van der Waals surface area contributed by atoms with E-state index in [4.69, 9.17) is 10.00 Å². The van der Waals surface area contributed by atoms with E-state index in [9.17, 15) is 0 Å². The summed E-state index contributed by atoms with van der Waals surface area (Å²) in [6, 6.07) is 17.6. The van der Waals surface area contributed by atoms with Crippen LogP contribution in [0.5, 0.6) is 5.75 Å². The van der Waals surface area contributed by atoms with Crippen molar-refractivity contribution in [2.45, 2.75) is 13.2 Å². The van der Waals surface area contributed by atoms with Crippen molar-refractivity contribution in [3.05, 3.63) is 65.2 Å². The fourth-order valence-electron chi connectivity index (χ4n) is 1.80. The van der Waals surface area contributed by atoms with Gasteiger partial charge in [0.2, 0.25) is 0 Å². The molecule has 0 amide bonds. The van der Waals surface area contributed by atoms with Crippen LogP contribution in [0, 0.1) is 11.3 Å². The lowest BCUT2D eigenvalue weighted by molar-refractivity contribution is 0.306. The highest BCUT2D eigenvalue weighted by molar-refractivity contribution is 5.33. The van der Waals surface area contributed by atoms with Gasteiger partial charge in [0.1, 0.15) is 12.4 Å². The Morgan fingerprint density at radius 1 is 1.11 bits per heavy atom. The third-order valence-electron chi connectivity index (χ3n) is 2.77. The quantitative estimate of drug-likeness (QED) is 0.890. The van der Waals surface area contributed by atoms with E-state index >= 15 is 0 Å². The van der Waals surface area contributed by atoms with Gasteiger partial charge in [0, 0.05) is 6.54 Å². The van der Waals surface area contributed by atoms with Crippen molar-refractivity contribution in [3.8, 4) is 11.8 Å². The van der Waals surface area contributed by atoms with E-state index in [2.05, 4.69) is 11.4 Å². The van der Waals surface area contributed by atoms with Crippen LogP contribution in [0.25, 0.3) is 0 Å². The normalized spacial score (nSPS) is 9.89. The molecule has 0 aromatic heterocycles. The van der Waals surface area contributed by atoms with Gasteiger partial charge in [-0.15, -0.1) is 0 Å². The van der Waals surface area contributed by atoms with Crippen molar-refractivity contribution >= 4 is 0 Å². The highest BCUT2D eigenvalue weighted by atomic mass is 16.5. The minimum absolute atomic E-state index is 0.473. The zero-order valence-electron chi connectivity index (χ0n) is 10.9. The van der Waals surface area contributed by atoms with Gasteiger partial charge in [0.15, 0.2) is 0 Å². The third-order valence-corrected chi connectivity index (χ3v) is 2.77. The van der Waals surface area contributed by atoms with Crippen molar-refractivity contribution in [2.24, 2.45) is 0 Å². The lowest BCUT2D eigenvalue weighted by Crippen LogP contribution is -2.04. The van der Waals surface area contributed by atoms with E-state index in [0.717, 1.165) is 17.9 Å². The molecule has 0 radical (unpaired) electrons. The zero-order chi connectivity index (χ0) is 13.5. The summed E-state index contributed by atoms with van der Waals surface area (Å²) in [4.78, 5) is 0. The van der Waals surface area contributed by atoms with Crippen LogP contribution >= 0.6 is 0 Å². The van der Waals surface area contributed by atoms with Crippen LogP contribution in [0.15, 0.2) is 48.5 Å². The first-order chi connectivity index (χ1) is 9.31. The smallest absolute Gasteiger partial charge is 0.119 e. The number of nitrogens with zero attached hydrogens (tertiary/aromatic N) is 1. The first kappa shape index (κ1) is 13.1. The van der Waals surface area contributed by atoms with Crippen LogP contribution in [0.4, 0.5) is 0 Å². The van der Waals surface area contributed by atoms with Gasteiger partial charge in [0.05, 0.1) is 11.6 Å². The standard InChI is InChI=1S/C16H16N2O/c1-18-11-13-5-7-16(8-6-13)19-12-15-4-2-3-14(9-15)10-17/h2-9,18H,11-12H2,1H3. The van der Waals surface area contributed by atoms with Crippen molar-refractivity contribution in [2.75, 3.05) is 7.05 Å². The molecule has 0 aliphatic rings. The molecule has 0 aliphatic heterocycles. The molecule has 3 nitrogen and oxygen atoms in total. The summed E-state index contributed by atoms with van der Waals surface area (Å²) in [5.74, 6) is 0.835. The molecule has 0 heterocycles. The van der Waals surface area contributed by atoms with Gasteiger partial charge < -0.3 is 10.1 Å². The average Bonchev–Trinajstić information content (AvgIpc) is 2.47. The zero-order valence-corrected chi connectivity index (χ0v) is 10.9. The summed E-state index contributed by atoms with van der Waals surface area (Å²) in [5.41, 5.74) is 2.88. The third kappa shape index (κ3) is 3.84. The summed E-state index contributed by atoms with van der Waals surface area (Å²) in [5, 5.41) is 11.9. The van der Waals surface area contributed by atoms with Crippen LogP contribution in [0.3, 0.4) is 0 Å². The van der Waals surface area contributed by atoms with Gasteiger partial charge in [0.25, 0.3) is 0 Å². The maximum atomic E-state index is 8.83. The van der Waals surface area contributed by atoms with E-state index < -0.39 is 0 Å². The molecule has 0 bridgehead atoms. The Bertz CT molecular complexity index is 570. The molecule has 0 aliphatic carbocycles. The monoisotopic (exact) mass is 252 g/mol. The topological polar surface area (TPSA) is 45.0 Å². The molecular weight excluding hydrogens is 236 g/mol. The Hall–Kier alpha value is -2.31. The SMILES string of the molecule is CNCc1ccc(OCc2cccc(C#N)c2)cc1. The number of nitrogens with one attached hydrogen (secondary N) is 1. The molecule has 2 rings (SSSR count). The van der Waals surface area contributed by atoms with Crippen molar-refractivity contribution in [1.29, 1.82) is 5.26 Å². The van der Waals surface area contributed by atoms with Crippen LogP contribution in [-0.2, 0) is 13.2 Å². The van der Waals surface area contributed by atoms with Gasteiger partial charge in [-0.2, -0.15) is 5.26 Å². The van der Waals surface area contributed by atoms with E-state index in [1.807, 2.05) is 49.5 Å². The second-order valence-electron chi connectivity index (χ2n) is 4.28. The van der Waals surface area contributed by atoms with Gasteiger partial charge in [-0.3, -0.25) is 0 Å². The molecule has 19 heavy (non-hydrogen) atoms. The predicted molar refractivity (Wildman–Crippen MR) is 74.7 cm³/mol. The van der Waals surface area contributed by atoms with E-state index in [-0.39, 0.29) is 0 Å². The van der Waals surface area contributed by atoms with Crippen LogP contribution < -0.4 is 10.1 Å². The highest BCUT2D eigenvalue weighted by Crippen LogP contribution is 2.14. The van der Waals surface area contributed by atoms with Gasteiger partial charge in [-0.25, -0.2) is 0 Å². The Balaban J connectivity index is 1.96. The van der Waals surface area contributed by atoms with Crippen LogP contribution in [0.2, 0.25) is 0 Å². The van der Waals surface area contributed by atoms with Gasteiger partial charge in [-0.05, 0) is 42.4 Å². The molecule has 3 heteroatoms. The fraction of sp³-hybridized carbons (Fsp3) is 0.188. The van der Waals surface area contributed by atoms with E-state index in [1.54, 1.807) is 6.07 Å². The second kappa shape index (κ2) is 6.58. The van der Waals surface area contributed by atoms with Crippen LogP contribution in [0.1, 0.15) is 16.7 Å². The van der Waals surface area contributed by atoms with Crippen LogP contribution in [-0.4, -0.2) is 7.05 Å². The molecule has 0 saturated carbocycles. The number of nitriles is 1. The minimum Gasteiger partial charge on any atom is -0.489 e. The molecule has 2 aromatic rings. The largest absolute Gasteiger partial charge is 0.489 e. The molecule has 2 aromatic carbocycles. The summed E-state index contributed by atoms with van der Waals surface area (Å²) >= 11 is 0. The summed E-state index contributed by atoms with van der Waals surface area (Å²) < 4.78 is 5.69. The number of rotatable bonds is 5. The summed E-state index contributed by atoms with van der Waals surface area (Å²) in [6.45, 7) is 1.32. The first-order valence-corrected chi connectivity index (χ1v) is 6.17. The molecule has 0 saturated heterocycles. The molecular formula is C16H16N2O. The number of ether oxygens (including phenoxy) is 1. The number of hydrogen-bond acceptors (Lipinski definition) is 3. The molecule has 0 atom stereocenters. The minimum atomic E-state index is 0.473. The average molecular weight is 252 g/mol. The summed E-state index contributed by atoms with van der Waals surface area (Å²) in [6.07, 6.45) is 0.